The minimum absolute atomic E-state index is 0.243. The molecule has 0 aliphatic heterocycles. The van der Waals surface area contributed by atoms with Crippen molar-refractivity contribution in [3.63, 3.8) is 0 Å². The van der Waals surface area contributed by atoms with Crippen LogP contribution in [0.3, 0.4) is 0 Å². The van der Waals surface area contributed by atoms with Crippen molar-refractivity contribution in [1.82, 2.24) is 0 Å². The first kappa shape index (κ1) is 16.6. The van der Waals surface area contributed by atoms with E-state index >= 15 is 0 Å². The molecule has 0 saturated carbocycles. The van der Waals surface area contributed by atoms with Crippen molar-refractivity contribution in [2.24, 2.45) is 0 Å². The van der Waals surface area contributed by atoms with E-state index in [-0.39, 0.29) is 5.92 Å². The zero-order valence-electron chi connectivity index (χ0n) is 13.2. The Balaban J connectivity index is 0.000000847. The lowest BCUT2D eigenvalue weighted by Gasteiger charge is -2.25. The standard InChI is InChI=1S/C17H15F3.C2H6/c1-10-2-4-11(5-3-10)12-6-7-14-13(8-12)9-15(18)17(20)16(14)19;1-2/h2-5,9,12H,6-8H2,1H3;1-2H3. The maximum atomic E-state index is 13.7. The first-order valence-electron chi connectivity index (χ1n) is 7.78. The first-order chi connectivity index (χ1) is 10.6. The summed E-state index contributed by atoms with van der Waals surface area (Å²) in [7, 11) is 0. The van der Waals surface area contributed by atoms with Crippen LogP contribution in [-0.4, -0.2) is 0 Å². The fourth-order valence-electron chi connectivity index (χ4n) is 2.94. The minimum atomic E-state index is -1.35. The summed E-state index contributed by atoms with van der Waals surface area (Å²) >= 11 is 0. The fraction of sp³-hybridized carbons (Fsp3) is 0.368. The van der Waals surface area contributed by atoms with Crippen LogP contribution in [0.5, 0.6) is 0 Å². The van der Waals surface area contributed by atoms with Gasteiger partial charge in [0, 0.05) is 0 Å². The number of benzene rings is 2. The van der Waals surface area contributed by atoms with Gasteiger partial charge in [-0.05, 0) is 54.9 Å². The highest BCUT2D eigenvalue weighted by Gasteiger charge is 2.26. The van der Waals surface area contributed by atoms with Crippen LogP contribution in [0.15, 0.2) is 30.3 Å². The summed E-state index contributed by atoms with van der Waals surface area (Å²) < 4.78 is 40.3. The molecular formula is C19H21F3. The van der Waals surface area contributed by atoms with Gasteiger partial charge in [-0.3, -0.25) is 0 Å². The fourth-order valence-corrected chi connectivity index (χ4v) is 2.94. The summed E-state index contributed by atoms with van der Waals surface area (Å²) in [5.74, 6) is -3.21. The molecule has 1 unspecified atom stereocenters. The maximum Gasteiger partial charge on any atom is 0.194 e. The molecule has 0 nitrogen and oxygen atoms in total. The zero-order chi connectivity index (χ0) is 16.3. The molecule has 0 heterocycles. The number of fused-ring (bicyclic) bond motifs is 1. The largest absolute Gasteiger partial charge is 0.204 e. The van der Waals surface area contributed by atoms with E-state index in [1.54, 1.807) is 0 Å². The summed E-state index contributed by atoms with van der Waals surface area (Å²) in [6.45, 7) is 6.02. The molecule has 0 fully saturated rings. The number of hydrogen-bond acceptors (Lipinski definition) is 0. The van der Waals surface area contributed by atoms with Crippen molar-refractivity contribution in [1.29, 1.82) is 0 Å². The van der Waals surface area contributed by atoms with Gasteiger partial charge in [0.25, 0.3) is 0 Å². The minimum Gasteiger partial charge on any atom is -0.204 e. The predicted molar refractivity (Wildman–Crippen MR) is 83.6 cm³/mol. The van der Waals surface area contributed by atoms with Crippen molar-refractivity contribution in [3.8, 4) is 0 Å². The quantitative estimate of drug-likeness (QED) is 0.592. The topological polar surface area (TPSA) is 0 Å². The van der Waals surface area contributed by atoms with Crippen LogP contribution in [0.1, 0.15) is 48.4 Å². The van der Waals surface area contributed by atoms with Gasteiger partial charge in [0.1, 0.15) is 0 Å². The molecule has 0 bridgehead atoms. The Morgan fingerprint density at radius 3 is 2.23 bits per heavy atom. The molecule has 0 radical (unpaired) electrons. The van der Waals surface area contributed by atoms with Crippen LogP contribution in [0, 0.1) is 24.4 Å². The highest BCUT2D eigenvalue weighted by molar-refractivity contribution is 5.36. The third-order valence-corrected chi connectivity index (χ3v) is 4.11. The van der Waals surface area contributed by atoms with E-state index in [9.17, 15) is 13.2 Å². The molecule has 0 spiro atoms. The van der Waals surface area contributed by atoms with E-state index in [4.69, 9.17) is 0 Å². The molecule has 2 aromatic carbocycles. The molecular weight excluding hydrogens is 285 g/mol. The summed E-state index contributed by atoms with van der Waals surface area (Å²) in [5.41, 5.74) is 3.29. The summed E-state index contributed by atoms with van der Waals surface area (Å²) in [6, 6.07) is 9.34. The summed E-state index contributed by atoms with van der Waals surface area (Å²) in [5, 5.41) is 0. The van der Waals surface area contributed by atoms with Gasteiger partial charge in [-0.1, -0.05) is 43.7 Å². The van der Waals surface area contributed by atoms with E-state index in [2.05, 4.69) is 12.1 Å². The van der Waals surface area contributed by atoms with Crippen molar-refractivity contribution in [3.05, 3.63) is 70.0 Å². The second kappa shape index (κ2) is 6.99. The Labute approximate surface area is 130 Å². The highest BCUT2D eigenvalue weighted by Crippen LogP contribution is 2.35. The number of halogens is 3. The molecule has 22 heavy (non-hydrogen) atoms. The number of rotatable bonds is 1. The monoisotopic (exact) mass is 306 g/mol. The molecule has 1 aliphatic carbocycles. The molecule has 1 atom stereocenters. The number of aryl methyl sites for hydroxylation is 1. The van der Waals surface area contributed by atoms with E-state index in [0.29, 0.717) is 24.0 Å². The van der Waals surface area contributed by atoms with Crippen LogP contribution < -0.4 is 0 Å². The molecule has 3 rings (SSSR count). The van der Waals surface area contributed by atoms with Gasteiger partial charge in [-0.25, -0.2) is 13.2 Å². The van der Waals surface area contributed by atoms with E-state index in [0.717, 1.165) is 12.5 Å². The lowest BCUT2D eigenvalue weighted by atomic mass is 9.80. The lowest BCUT2D eigenvalue weighted by Crippen LogP contribution is -2.16. The third kappa shape index (κ3) is 3.18. The zero-order valence-corrected chi connectivity index (χ0v) is 13.2. The lowest BCUT2D eigenvalue weighted by molar-refractivity contribution is 0.428. The van der Waals surface area contributed by atoms with Gasteiger partial charge >= 0.3 is 0 Å². The second-order valence-corrected chi connectivity index (χ2v) is 5.47. The van der Waals surface area contributed by atoms with Crippen molar-refractivity contribution in [2.45, 2.75) is 46.0 Å². The third-order valence-electron chi connectivity index (χ3n) is 4.11. The molecule has 1 aliphatic rings. The van der Waals surface area contributed by atoms with E-state index < -0.39 is 17.5 Å². The smallest absolute Gasteiger partial charge is 0.194 e. The molecule has 0 N–H and O–H groups in total. The van der Waals surface area contributed by atoms with Gasteiger partial charge in [0.2, 0.25) is 0 Å². The van der Waals surface area contributed by atoms with E-state index in [1.165, 1.54) is 11.1 Å². The maximum absolute atomic E-state index is 13.7. The molecule has 0 amide bonds. The average Bonchev–Trinajstić information content (AvgIpc) is 2.55. The van der Waals surface area contributed by atoms with Crippen LogP contribution in [0.4, 0.5) is 13.2 Å². The Hall–Kier alpha value is -1.77. The average molecular weight is 306 g/mol. The Kier molecular flexibility index (Phi) is 5.28. The predicted octanol–water partition coefficient (Wildman–Crippen LogP) is 5.71. The van der Waals surface area contributed by atoms with Crippen LogP contribution in [0.25, 0.3) is 0 Å². The highest BCUT2D eigenvalue weighted by atomic mass is 19.2. The molecule has 2 aromatic rings. The van der Waals surface area contributed by atoms with Crippen LogP contribution in [-0.2, 0) is 12.8 Å². The van der Waals surface area contributed by atoms with Crippen molar-refractivity contribution < 1.29 is 13.2 Å². The van der Waals surface area contributed by atoms with Gasteiger partial charge in [0.05, 0.1) is 0 Å². The second-order valence-electron chi connectivity index (χ2n) is 5.47. The van der Waals surface area contributed by atoms with Gasteiger partial charge in [-0.15, -0.1) is 0 Å². The number of hydrogen-bond donors (Lipinski definition) is 0. The molecule has 0 aromatic heterocycles. The summed E-state index contributed by atoms with van der Waals surface area (Å²) in [6.07, 6.45) is 1.78. The van der Waals surface area contributed by atoms with Gasteiger partial charge < -0.3 is 0 Å². The van der Waals surface area contributed by atoms with Gasteiger partial charge in [-0.2, -0.15) is 0 Å². The normalized spacial score (nSPS) is 16.5. The van der Waals surface area contributed by atoms with Crippen molar-refractivity contribution >= 4 is 0 Å². The van der Waals surface area contributed by atoms with Crippen molar-refractivity contribution in [2.75, 3.05) is 0 Å². The first-order valence-corrected chi connectivity index (χ1v) is 7.78. The van der Waals surface area contributed by atoms with Gasteiger partial charge in [0.15, 0.2) is 17.5 Å². The Bertz CT molecular complexity index is 645. The molecule has 118 valence electrons. The van der Waals surface area contributed by atoms with Crippen LogP contribution in [0.2, 0.25) is 0 Å². The Morgan fingerprint density at radius 2 is 1.59 bits per heavy atom. The van der Waals surface area contributed by atoms with E-state index in [1.807, 2.05) is 32.9 Å². The summed E-state index contributed by atoms with van der Waals surface area (Å²) in [4.78, 5) is 0. The van der Waals surface area contributed by atoms with Crippen LogP contribution >= 0.6 is 0 Å². The molecule has 3 heteroatoms. The SMILES string of the molecule is CC.Cc1ccc(C2CCc3c(cc(F)c(F)c3F)C2)cc1. The Morgan fingerprint density at radius 1 is 0.955 bits per heavy atom. The molecule has 0 saturated heterocycles.